The van der Waals surface area contributed by atoms with E-state index in [-0.39, 0.29) is 0 Å². The third kappa shape index (κ3) is 4.36. The Kier molecular flexibility index (Phi) is 5.39. The lowest BCUT2D eigenvalue weighted by Crippen LogP contribution is -2.12. The average Bonchev–Trinajstić information content (AvgIpc) is 2.83. The largest absolute Gasteiger partial charge is 0.344 e. The van der Waals surface area contributed by atoms with Gasteiger partial charge in [0.05, 0.1) is 5.75 Å². The van der Waals surface area contributed by atoms with Gasteiger partial charge in [-0.1, -0.05) is 26.2 Å². The predicted molar refractivity (Wildman–Crippen MR) is 74.1 cm³/mol. The highest BCUT2D eigenvalue weighted by atomic mass is 32.2. The highest BCUT2D eigenvalue weighted by Gasteiger charge is 2.14. The van der Waals surface area contributed by atoms with Crippen LogP contribution in [-0.2, 0) is 12.3 Å². The van der Waals surface area contributed by atoms with Gasteiger partial charge in [-0.05, 0) is 19.4 Å². The van der Waals surface area contributed by atoms with Gasteiger partial charge in [0, 0.05) is 23.7 Å². The SMILES string of the molecule is CCNCc1cnc(CSC2CCCCC2)[nH]1. The zero-order valence-corrected chi connectivity index (χ0v) is 11.5. The van der Waals surface area contributed by atoms with Crippen LogP contribution in [0.15, 0.2) is 6.20 Å². The van der Waals surface area contributed by atoms with Crippen molar-refractivity contribution in [1.82, 2.24) is 15.3 Å². The molecule has 4 heteroatoms. The van der Waals surface area contributed by atoms with Gasteiger partial charge in [0.2, 0.25) is 0 Å². The van der Waals surface area contributed by atoms with E-state index in [1.807, 2.05) is 6.20 Å². The van der Waals surface area contributed by atoms with Gasteiger partial charge in [0.25, 0.3) is 0 Å². The Balaban J connectivity index is 1.72. The molecule has 0 amide bonds. The highest BCUT2D eigenvalue weighted by molar-refractivity contribution is 7.99. The van der Waals surface area contributed by atoms with E-state index in [0.717, 1.165) is 29.9 Å². The van der Waals surface area contributed by atoms with E-state index in [0.29, 0.717) is 0 Å². The van der Waals surface area contributed by atoms with Crippen LogP contribution in [-0.4, -0.2) is 21.8 Å². The van der Waals surface area contributed by atoms with Crippen LogP contribution >= 0.6 is 11.8 Å². The van der Waals surface area contributed by atoms with Crippen LogP contribution < -0.4 is 5.32 Å². The monoisotopic (exact) mass is 253 g/mol. The van der Waals surface area contributed by atoms with Crippen molar-refractivity contribution in [2.75, 3.05) is 6.54 Å². The molecule has 0 aromatic carbocycles. The van der Waals surface area contributed by atoms with Gasteiger partial charge in [-0.2, -0.15) is 11.8 Å². The first-order valence-corrected chi connectivity index (χ1v) is 7.78. The van der Waals surface area contributed by atoms with Crippen LogP contribution in [0, 0.1) is 0 Å². The number of nitrogens with one attached hydrogen (secondary N) is 2. The first-order chi connectivity index (χ1) is 8.38. The molecule has 1 aliphatic rings. The van der Waals surface area contributed by atoms with Gasteiger partial charge in [-0.25, -0.2) is 4.98 Å². The number of thioether (sulfide) groups is 1. The van der Waals surface area contributed by atoms with Crippen molar-refractivity contribution in [2.45, 2.75) is 56.6 Å². The zero-order valence-electron chi connectivity index (χ0n) is 10.7. The lowest BCUT2D eigenvalue weighted by Gasteiger charge is -2.20. The van der Waals surface area contributed by atoms with Crippen LogP contribution in [0.5, 0.6) is 0 Å². The topological polar surface area (TPSA) is 40.7 Å². The molecule has 1 saturated carbocycles. The molecular weight excluding hydrogens is 230 g/mol. The van der Waals surface area contributed by atoms with E-state index in [9.17, 15) is 0 Å². The maximum absolute atomic E-state index is 4.44. The molecule has 0 saturated heterocycles. The van der Waals surface area contributed by atoms with Gasteiger partial charge in [-0.3, -0.25) is 0 Å². The van der Waals surface area contributed by atoms with Gasteiger partial charge in [0.1, 0.15) is 5.82 Å². The number of imidazole rings is 1. The molecule has 1 aliphatic carbocycles. The molecule has 0 unspecified atom stereocenters. The van der Waals surface area contributed by atoms with Crippen molar-refractivity contribution >= 4 is 11.8 Å². The number of aromatic nitrogens is 2. The van der Waals surface area contributed by atoms with Crippen molar-refractivity contribution < 1.29 is 0 Å². The second-order valence-electron chi connectivity index (χ2n) is 4.71. The molecule has 2 N–H and O–H groups in total. The van der Waals surface area contributed by atoms with Crippen LogP contribution in [0.2, 0.25) is 0 Å². The standard InChI is InChI=1S/C13H23N3S/c1-2-14-8-11-9-15-13(16-11)10-17-12-6-4-3-5-7-12/h9,12,14H,2-8,10H2,1H3,(H,15,16). The summed E-state index contributed by atoms with van der Waals surface area (Å²) in [4.78, 5) is 7.83. The third-order valence-corrected chi connectivity index (χ3v) is 4.64. The summed E-state index contributed by atoms with van der Waals surface area (Å²) in [5.74, 6) is 2.17. The Morgan fingerprint density at radius 3 is 3.00 bits per heavy atom. The summed E-state index contributed by atoms with van der Waals surface area (Å²) in [5, 5.41) is 4.17. The molecule has 0 bridgehead atoms. The van der Waals surface area contributed by atoms with E-state index in [4.69, 9.17) is 0 Å². The first-order valence-electron chi connectivity index (χ1n) is 6.73. The van der Waals surface area contributed by atoms with E-state index >= 15 is 0 Å². The molecule has 0 atom stereocenters. The fourth-order valence-corrected chi connectivity index (χ4v) is 3.46. The smallest absolute Gasteiger partial charge is 0.116 e. The zero-order chi connectivity index (χ0) is 11.9. The average molecular weight is 253 g/mol. The maximum atomic E-state index is 4.44. The molecule has 2 rings (SSSR count). The van der Waals surface area contributed by atoms with Crippen molar-refractivity contribution in [3.8, 4) is 0 Å². The van der Waals surface area contributed by atoms with Crippen LogP contribution in [0.4, 0.5) is 0 Å². The molecule has 0 spiro atoms. The van der Waals surface area contributed by atoms with E-state index < -0.39 is 0 Å². The summed E-state index contributed by atoms with van der Waals surface area (Å²) in [7, 11) is 0. The molecule has 1 heterocycles. The summed E-state index contributed by atoms with van der Waals surface area (Å²) in [6, 6.07) is 0. The first kappa shape index (κ1) is 13.0. The fourth-order valence-electron chi connectivity index (χ4n) is 2.26. The molecule has 1 aromatic heterocycles. The maximum Gasteiger partial charge on any atom is 0.116 e. The molecule has 3 nitrogen and oxygen atoms in total. The Labute approximate surface area is 108 Å². The molecule has 0 aliphatic heterocycles. The van der Waals surface area contributed by atoms with E-state index in [1.165, 1.54) is 37.8 Å². The summed E-state index contributed by atoms with van der Waals surface area (Å²) in [6.07, 6.45) is 9.03. The molecular formula is C13H23N3S. The van der Waals surface area contributed by atoms with Gasteiger partial charge >= 0.3 is 0 Å². The van der Waals surface area contributed by atoms with Crippen LogP contribution in [0.1, 0.15) is 50.5 Å². The van der Waals surface area contributed by atoms with Crippen LogP contribution in [0.3, 0.4) is 0 Å². The number of hydrogen-bond acceptors (Lipinski definition) is 3. The minimum atomic E-state index is 0.867. The van der Waals surface area contributed by atoms with Crippen molar-refractivity contribution in [3.63, 3.8) is 0 Å². The van der Waals surface area contributed by atoms with E-state index in [1.54, 1.807) is 0 Å². The molecule has 17 heavy (non-hydrogen) atoms. The fraction of sp³-hybridized carbons (Fsp3) is 0.769. The summed E-state index contributed by atoms with van der Waals surface area (Å²) in [6.45, 7) is 4.03. The van der Waals surface area contributed by atoms with Gasteiger partial charge in [-0.15, -0.1) is 0 Å². The second-order valence-corrected chi connectivity index (χ2v) is 6.00. The second kappa shape index (κ2) is 7.07. The Morgan fingerprint density at radius 2 is 2.24 bits per heavy atom. The molecule has 96 valence electrons. The minimum absolute atomic E-state index is 0.867. The summed E-state index contributed by atoms with van der Waals surface area (Å²) in [5.41, 5.74) is 1.20. The predicted octanol–water partition coefficient (Wildman–Crippen LogP) is 3.09. The number of H-pyrrole nitrogens is 1. The van der Waals surface area contributed by atoms with Crippen molar-refractivity contribution in [2.24, 2.45) is 0 Å². The summed E-state index contributed by atoms with van der Waals surface area (Å²) >= 11 is 2.07. The van der Waals surface area contributed by atoms with Gasteiger partial charge < -0.3 is 10.3 Å². The molecule has 1 aromatic rings. The molecule has 1 fully saturated rings. The van der Waals surface area contributed by atoms with Gasteiger partial charge in [0.15, 0.2) is 0 Å². The van der Waals surface area contributed by atoms with Crippen molar-refractivity contribution in [3.05, 3.63) is 17.7 Å². The van der Waals surface area contributed by atoms with Crippen molar-refractivity contribution in [1.29, 1.82) is 0 Å². The molecule has 0 radical (unpaired) electrons. The number of nitrogens with zero attached hydrogens (tertiary/aromatic N) is 1. The summed E-state index contributed by atoms with van der Waals surface area (Å²) < 4.78 is 0. The quantitative estimate of drug-likeness (QED) is 0.818. The number of rotatable bonds is 6. The normalized spacial score (nSPS) is 17.5. The highest BCUT2D eigenvalue weighted by Crippen LogP contribution is 2.29. The third-order valence-electron chi connectivity index (χ3n) is 3.25. The van der Waals surface area contributed by atoms with Crippen LogP contribution in [0.25, 0.3) is 0 Å². The van der Waals surface area contributed by atoms with E-state index in [2.05, 4.69) is 34.0 Å². The Hall–Kier alpha value is -0.480. The lowest BCUT2D eigenvalue weighted by molar-refractivity contribution is 0.516. The number of hydrogen-bond donors (Lipinski definition) is 2. The lowest BCUT2D eigenvalue weighted by atomic mass is 10.0. The Bertz CT molecular complexity index is 318. The number of aromatic amines is 1. The Morgan fingerprint density at radius 1 is 1.41 bits per heavy atom. The minimum Gasteiger partial charge on any atom is -0.344 e.